The topological polar surface area (TPSA) is 95.2 Å². The van der Waals surface area contributed by atoms with E-state index in [9.17, 15) is 13.2 Å². The third kappa shape index (κ3) is 4.15. The van der Waals surface area contributed by atoms with Gasteiger partial charge in [0.05, 0.1) is 23.6 Å². The molecule has 10 heteroatoms. The Hall–Kier alpha value is -2.52. The van der Waals surface area contributed by atoms with Gasteiger partial charge >= 0.3 is 6.09 Å². The van der Waals surface area contributed by atoms with Crippen LogP contribution in [0.25, 0.3) is 16.7 Å². The number of carbonyl (C=O) groups is 1. The summed E-state index contributed by atoms with van der Waals surface area (Å²) >= 11 is 6.07. The third-order valence-corrected chi connectivity index (χ3v) is 5.78. The van der Waals surface area contributed by atoms with Gasteiger partial charge in [0.1, 0.15) is 5.82 Å². The van der Waals surface area contributed by atoms with Gasteiger partial charge in [-0.3, -0.25) is 4.68 Å². The fourth-order valence-electron chi connectivity index (χ4n) is 3.16. The maximum atomic E-state index is 12.2. The van der Waals surface area contributed by atoms with E-state index in [0.717, 1.165) is 28.0 Å². The van der Waals surface area contributed by atoms with E-state index in [1.54, 1.807) is 24.7 Å². The Morgan fingerprint density at radius 2 is 2.07 bits per heavy atom. The molecule has 1 N–H and O–H groups in total. The molecule has 0 aliphatic carbocycles. The Balaban J connectivity index is 1.92. The second-order valence-electron chi connectivity index (χ2n) is 6.29. The lowest BCUT2D eigenvalue weighted by Gasteiger charge is -2.11. The van der Waals surface area contributed by atoms with Crippen molar-refractivity contribution in [2.24, 2.45) is 7.05 Å². The number of halogens is 1. The molecule has 3 aromatic rings. The van der Waals surface area contributed by atoms with Crippen molar-refractivity contribution >= 4 is 38.6 Å². The lowest BCUT2D eigenvalue weighted by Crippen LogP contribution is -2.33. The van der Waals surface area contributed by atoms with Gasteiger partial charge in [-0.1, -0.05) is 11.6 Å². The predicted molar refractivity (Wildman–Crippen MR) is 107 cm³/mol. The number of rotatable bonds is 6. The van der Waals surface area contributed by atoms with Crippen molar-refractivity contribution in [2.45, 2.75) is 20.3 Å². The van der Waals surface area contributed by atoms with Crippen molar-refractivity contribution in [1.29, 1.82) is 0 Å². The molecule has 0 spiro atoms. The molecule has 0 fully saturated rings. The zero-order valence-electron chi connectivity index (χ0n) is 15.8. The Kier molecular flexibility index (Phi) is 5.66. The SMILES string of the molecule is CCOC(=O)NS(=O)(=O)CCc1c(C)nn(C)c1-n1ccc2cc(Cl)ccc21. The van der Waals surface area contributed by atoms with Crippen molar-refractivity contribution < 1.29 is 17.9 Å². The smallest absolute Gasteiger partial charge is 0.420 e. The van der Waals surface area contributed by atoms with Crippen molar-refractivity contribution in [2.75, 3.05) is 12.4 Å². The number of amides is 1. The van der Waals surface area contributed by atoms with Crippen molar-refractivity contribution in [3.63, 3.8) is 0 Å². The molecular weight excluding hydrogens is 404 g/mol. The summed E-state index contributed by atoms with van der Waals surface area (Å²) in [5.74, 6) is 0.497. The van der Waals surface area contributed by atoms with Gasteiger partial charge in [-0.2, -0.15) is 5.10 Å². The van der Waals surface area contributed by atoms with E-state index in [0.29, 0.717) is 5.02 Å². The summed E-state index contributed by atoms with van der Waals surface area (Å²) in [5, 5.41) is 6.05. The number of sulfonamides is 1. The molecule has 8 nitrogen and oxygen atoms in total. The summed E-state index contributed by atoms with van der Waals surface area (Å²) in [4.78, 5) is 11.4. The van der Waals surface area contributed by atoms with Gasteiger partial charge in [-0.15, -0.1) is 0 Å². The molecule has 0 saturated carbocycles. The van der Waals surface area contributed by atoms with Gasteiger partial charge in [0.15, 0.2) is 0 Å². The van der Waals surface area contributed by atoms with E-state index in [4.69, 9.17) is 11.6 Å². The monoisotopic (exact) mass is 424 g/mol. The average molecular weight is 425 g/mol. The zero-order chi connectivity index (χ0) is 20.5. The van der Waals surface area contributed by atoms with Gasteiger partial charge in [0.2, 0.25) is 10.0 Å². The van der Waals surface area contributed by atoms with E-state index >= 15 is 0 Å². The van der Waals surface area contributed by atoms with E-state index < -0.39 is 16.1 Å². The molecule has 0 unspecified atom stereocenters. The van der Waals surface area contributed by atoms with Crippen LogP contribution in [0.1, 0.15) is 18.2 Å². The van der Waals surface area contributed by atoms with Gasteiger partial charge in [-0.05, 0) is 44.5 Å². The zero-order valence-corrected chi connectivity index (χ0v) is 17.3. The van der Waals surface area contributed by atoms with Gasteiger partial charge in [0.25, 0.3) is 0 Å². The van der Waals surface area contributed by atoms with Crippen LogP contribution in [-0.2, 0) is 28.2 Å². The van der Waals surface area contributed by atoms with Crippen LogP contribution in [0.2, 0.25) is 5.02 Å². The molecule has 1 aromatic carbocycles. The number of hydrogen-bond acceptors (Lipinski definition) is 5. The number of nitrogens with one attached hydrogen (secondary N) is 1. The number of ether oxygens (including phenoxy) is 1. The van der Waals surface area contributed by atoms with E-state index in [1.807, 2.05) is 40.6 Å². The second-order valence-corrected chi connectivity index (χ2v) is 8.57. The first-order valence-electron chi connectivity index (χ1n) is 8.68. The number of aryl methyl sites for hydroxylation is 2. The largest absolute Gasteiger partial charge is 0.449 e. The number of fused-ring (bicyclic) bond motifs is 1. The number of carbonyl (C=O) groups excluding carboxylic acids is 1. The highest BCUT2D eigenvalue weighted by Gasteiger charge is 2.21. The number of benzene rings is 1. The minimum Gasteiger partial charge on any atom is -0.449 e. The molecule has 3 rings (SSSR count). The van der Waals surface area contributed by atoms with E-state index in [2.05, 4.69) is 9.84 Å². The molecule has 0 atom stereocenters. The fraction of sp³-hybridized carbons (Fsp3) is 0.333. The molecule has 28 heavy (non-hydrogen) atoms. The van der Waals surface area contributed by atoms with Crippen LogP contribution in [0, 0.1) is 6.92 Å². The summed E-state index contributed by atoms with van der Waals surface area (Å²) in [6, 6.07) is 7.51. The first kappa shape index (κ1) is 20.2. The maximum Gasteiger partial charge on any atom is 0.420 e. The van der Waals surface area contributed by atoms with Crippen LogP contribution in [0.15, 0.2) is 30.5 Å². The summed E-state index contributed by atoms with van der Waals surface area (Å²) in [5.41, 5.74) is 2.44. The number of hydrogen-bond donors (Lipinski definition) is 1. The number of nitrogens with zero attached hydrogens (tertiary/aromatic N) is 3. The molecule has 0 aliphatic rings. The Morgan fingerprint density at radius 1 is 1.32 bits per heavy atom. The van der Waals surface area contributed by atoms with E-state index in [1.165, 1.54) is 0 Å². The Bertz CT molecular complexity index is 1130. The van der Waals surface area contributed by atoms with Crippen LogP contribution in [0.4, 0.5) is 4.79 Å². The van der Waals surface area contributed by atoms with Gasteiger partial charge < -0.3 is 9.30 Å². The Labute approximate surface area is 168 Å². The Morgan fingerprint density at radius 3 is 2.79 bits per heavy atom. The van der Waals surface area contributed by atoms with Crippen LogP contribution in [-0.4, -0.2) is 41.2 Å². The first-order valence-corrected chi connectivity index (χ1v) is 10.7. The molecule has 0 saturated heterocycles. The van der Waals surface area contributed by atoms with Gasteiger partial charge in [0, 0.05) is 29.2 Å². The summed E-state index contributed by atoms with van der Waals surface area (Å²) < 4.78 is 34.6. The third-order valence-electron chi connectivity index (χ3n) is 4.33. The summed E-state index contributed by atoms with van der Waals surface area (Å²) in [6.45, 7) is 3.52. The second kappa shape index (κ2) is 7.84. The lowest BCUT2D eigenvalue weighted by molar-refractivity contribution is 0.158. The molecule has 0 aliphatic heterocycles. The maximum absolute atomic E-state index is 12.2. The first-order chi connectivity index (χ1) is 13.2. The standard InChI is InChI=1S/C18H21ClN4O4S/c1-4-27-18(24)21-28(25,26)10-8-15-12(2)20-22(3)17(15)23-9-7-13-11-14(19)5-6-16(13)23/h5-7,9,11H,4,8,10H2,1-3H3,(H,21,24). The predicted octanol–water partition coefficient (Wildman–Crippen LogP) is 2.94. The average Bonchev–Trinajstić information content (AvgIpc) is 3.12. The quantitative estimate of drug-likeness (QED) is 0.656. The summed E-state index contributed by atoms with van der Waals surface area (Å²) in [6.07, 6.45) is 1.11. The molecular formula is C18H21ClN4O4S. The molecule has 150 valence electrons. The molecule has 2 heterocycles. The highest BCUT2D eigenvalue weighted by molar-refractivity contribution is 7.90. The van der Waals surface area contributed by atoms with Crippen LogP contribution >= 0.6 is 11.6 Å². The summed E-state index contributed by atoms with van der Waals surface area (Å²) in [7, 11) is -2.03. The van der Waals surface area contributed by atoms with Crippen LogP contribution < -0.4 is 4.72 Å². The van der Waals surface area contributed by atoms with Gasteiger partial charge in [-0.25, -0.2) is 17.9 Å². The fourth-order valence-corrected chi connectivity index (χ4v) is 4.23. The van der Waals surface area contributed by atoms with Crippen LogP contribution in [0.5, 0.6) is 0 Å². The number of aromatic nitrogens is 3. The highest BCUT2D eigenvalue weighted by atomic mass is 35.5. The van der Waals surface area contributed by atoms with Crippen LogP contribution in [0.3, 0.4) is 0 Å². The van der Waals surface area contributed by atoms with Crippen molar-refractivity contribution in [1.82, 2.24) is 19.1 Å². The molecule has 0 radical (unpaired) electrons. The molecule has 2 aromatic heterocycles. The molecule has 1 amide bonds. The minimum absolute atomic E-state index is 0.0952. The van der Waals surface area contributed by atoms with E-state index in [-0.39, 0.29) is 18.8 Å². The van der Waals surface area contributed by atoms with Crippen molar-refractivity contribution in [3.8, 4) is 5.82 Å². The normalized spacial score (nSPS) is 11.7. The molecule has 0 bridgehead atoms. The van der Waals surface area contributed by atoms with Crippen molar-refractivity contribution in [3.05, 3.63) is 46.7 Å². The minimum atomic E-state index is -3.83. The lowest BCUT2D eigenvalue weighted by atomic mass is 10.2. The highest BCUT2D eigenvalue weighted by Crippen LogP contribution is 2.27.